The van der Waals surface area contributed by atoms with Crippen molar-refractivity contribution in [1.82, 2.24) is 4.98 Å². The van der Waals surface area contributed by atoms with E-state index < -0.39 is 0 Å². The fourth-order valence-corrected chi connectivity index (χ4v) is 1.13. The van der Waals surface area contributed by atoms with Gasteiger partial charge in [0.15, 0.2) is 0 Å². The zero-order chi connectivity index (χ0) is 9.68. The van der Waals surface area contributed by atoms with Crippen molar-refractivity contribution < 1.29 is 4.74 Å². The number of nitrogens with zero attached hydrogens (tertiary/aromatic N) is 1. The molecule has 0 bridgehead atoms. The van der Waals surface area contributed by atoms with Crippen LogP contribution in [-0.2, 0) is 4.74 Å². The number of aromatic nitrogens is 1. The Balaban J connectivity index is 2.65. The predicted octanol–water partition coefficient (Wildman–Crippen LogP) is 0.700. The van der Waals surface area contributed by atoms with Crippen molar-refractivity contribution in [2.75, 3.05) is 19.5 Å². The lowest BCUT2D eigenvalue weighted by Gasteiger charge is -2.12. The van der Waals surface area contributed by atoms with Crippen molar-refractivity contribution in [3.63, 3.8) is 0 Å². The maximum atomic E-state index is 5.88. The first-order chi connectivity index (χ1) is 6.25. The highest BCUT2D eigenvalue weighted by Crippen LogP contribution is 2.18. The van der Waals surface area contributed by atoms with E-state index in [2.05, 4.69) is 4.98 Å². The molecule has 13 heavy (non-hydrogen) atoms. The van der Waals surface area contributed by atoms with Gasteiger partial charge in [-0.2, -0.15) is 0 Å². The lowest BCUT2D eigenvalue weighted by Crippen LogP contribution is -2.14. The first-order valence-electron chi connectivity index (χ1n) is 4.19. The van der Waals surface area contributed by atoms with E-state index in [1.807, 2.05) is 0 Å². The van der Waals surface area contributed by atoms with Crippen LogP contribution in [0.5, 0.6) is 0 Å². The van der Waals surface area contributed by atoms with Crippen LogP contribution >= 0.6 is 0 Å². The molecular formula is C9H15N3O. The second kappa shape index (κ2) is 4.79. The summed E-state index contributed by atoms with van der Waals surface area (Å²) in [6, 6.07) is 1.66. The molecule has 0 saturated carbocycles. The predicted molar refractivity (Wildman–Crippen MR) is 52.1 cm³/mol. The Kier molecular flexibility index (Phi) is 3.67. The second-order valence-electron chi connectivity index (χ2n) is 2.89. The van der Waals surface area contributed by atoms with Crippen LogP contribution in [0, 0.1) is 0 Å². The van der Waals surface area contributed by atoms with E-state index in [9.17, 15) is 0 Å². The summed E-state index contributed by atoms with van der Waals surface area (Å²) in [4.78, 5) is 3.97. The average Bonchev–Trinajstić information content (AvgIpc) is 2.15. The summed E-state index contributed by atoms with van der Waals surface area (Å²) in [5.74, 6) is 0. The van der Waals surface area contributed by atoms with Crippen LogP contribution in [0.15, 0.2) is 18.5 Å². The molecule has 0 spiro atoms. The average molecular weight is 181 g/mol. The molecule has 0 aliphatic heterocycles. The SMILES string of the molecule is COCCC(N)c1cnccc1N. The number of methoxy groups -OCH3 is 1. The Morgan fingerprint density at radius 2 is 2.38 bits per heavy atom. The summed E-state index contributed by atoms with van der Waals surface area (Å²) in [6.45, 7) is 0.634. The molecule has 72 valence electrons. The van der Waals surface area contributed by atoms with Gasteiger partial charge in [0.25, 0.3) is 0 Å². The van der Waals surface area contributed by atoms with Gasteiger partial charge < -0.3 is 16.2 Å². The fourth-order valence-electron chi connectivity index (χ4n) is 1.13. The van der Waals surface area contributed by atoms with Crippen LogP contribution in [0.3, 0.4) is 0 Å². The van der Waals surface area contributed by atoms with Crippen LogP contribution < -0.4 is 11.5 Å². The number of pyridine rings is 1. The fraction of sp³-hybridized carbons (Fsp3) is 0.444. The van der Waals surface area contributed by atoms with E-state index in [1.54, 1.807) is 25.6 Å². The first-order valence-corrected chi connectivity index (χ1v) is 4.19. The molecular weight excluding hydrogens is 166 g/mol. The van der Waals surface area contributed by atoms with Crippen molar-refractivity contribution in [3.05, 3.63) is 24.0 Å². The highest BCUT2D eigenvalue weighted by Gasteiger charge is 2.08. The lowest BCUT2D eigenvalue weighted by atomic mass is 10.1. The third-order valence-corrected chi connectivity index (χ3v) is 1.92. The minimum absolute atomic E-state index is 0.0892. The summed E-state index contributed by atoms with van der Waals surface area (Å²) in [5.41, 5.74) is 13.2. The van der Waals surface area contributed by atoms with E-state index in [4.69, 9.17) is 16.2 Å². The summed E-state index contributed by atoms with van der Waals surface area (Å²) < 4.78 is 4.93. The number of hydrogen-bond acceptors (Lipinski definition) is 4. The molecule has 0 amide bonds. The van der Waals surface area contributed by atoms with E-state index >= 15 is 0 Å². The van der Waals surface area contributed by atoms with Crippen LogP contribution in [-0.4, -0.2) is 18.7 Å². The monoisotopic (exact) mass is 181 g/mol. The molecule has 1 unspecified atom stereocenters. The van der Waals surface area contributed by atoms with Gasteiger partial charge in [-0.05, 0) is 12.5 Å². The number of nitrogens with two attached hydrogens (primary N) is 2. The molecule has 4 heteroatoms. The molecule has 0 saturated heterocycles. The summed E-state index contributed by atoms with van der Waals surface area (Å²) >= 11 is 0. The second-order valence-corrected chi connectivity index (χ2v) is 2.89. The Morgan fingerprint density at radius 3 is 3.00 bits per heavy atom. The Bertz CT molecular complexity index is 265. The maximum absolute atomic E-state index is 5.88. The van der Waals surface area contributed by atoms with Gasteiger partial charge in [-0.1, -0.05) is 0 Å². The highest BCUT2D eigenvalue weighted by molar-refractivity contribution is 5.45. The molecule has 1 aromatic heterocycles. The summed E-state index contributed by atoms with van der Waals surface area (Å²) in [7, 11) is 1.65. The molecule has 0 aromatic carbocycles. The van der Waals surface area contributed by atoms with Crippen molar-refractivity contribution in [3.8, 4) is 0 Å². The minimum Gasteiger partial charge on any atom is -0.398 e. The van der Waals surface area contributed by atoms with Crippen molar-refractivity contribution in [2.24, 2.45) is 5.73 Å². The van der Waals surface area contributed by atoms with E-state index in [-0.39, 0.29) is 6.04 Å². The van der Waals surface area contributed by atoms with E-state index in [1.165, 1.54) is 0 Å². The molecule has 4 N–H and O–H groups in total. The van der Waals surface area contributed by atoms with Crippen LogP contribution in [0.1, 0.15) is 18.0 Å². The van der Waals surface area contributed by atoms with Crippen LogP contribution in [0.4, 0.5) is 5.69 Å². The maximum Gasteiger partial charge on any atom is 0.0480 e. The largest absolute Gasteiger partial charge is 0.398 e. The molecule has 0 aliphatic rings. The van der Waals surface area contributed by atoms with Crippen molar-refractivity contribution in [1.29, 1.82) is 0 Å². The molecule has 4 nitrogen and oxygen atoms in total. The minimum atomic E-state index is -0.0892. The normalized spacial score (nSPS) is 12.8. The lowest BCUT2D eigenvalue weighted by molar-refractivity contribution is 0.188. The third-order valence-electron chi connectivity index (χ3n) is 1.92. The molecule has 0 aliphatic carbocycles. The van der Waals surface area contributed by atoms with Crippen molar-refractivity contribution in [2.45, 2.75) is 12.5 Å². The standard InChI is InChI=1S/C9H15N3O/c1-13-5-3-9(11)7-6-12-4-2-8(7)10/h2,4,6,9H,3,5,11H2,1H3,(H2,10,12). The Labute approximate surface area is 77.9 Å². The van der Waals surface area contributed by atoms with Gasteiger partial charge in [-0.3, -0.25) is 4.98 Å². The van der Waals surface area contributed by atoms with E-state index in [0.29, 0.717) is 12.3 Å². The third kappa shape index (κ3) is 2.68. The molecule has 1 heterocycles. The Hall–Kier alpha value is -1.13. The van der Waals surface area contributed by atoms with Crippen LogP contribution in [0.2, 0.25) is 0 Å². The van der Waals surface area contributed by atoms with Gasteiger partial charge in [0, 0.05) is 43.4 Å². The Morgan fingerprint density at radius 1 is 1.62 bits per heavy atom. The van der Waals surface area contributed by atoms with Crippen LogP contribution in [0.25, 0.3) is 0 Å². The molecule has 0 radical (unpaired) electrons. The van der Waals surface area contributed by atoms with Gasteiger partial charge in [0.1, 0.15) is 0 Å². The highest BCUT2D eigenvalue weighted by atomic mass is 16.5. The van der Waals surface area contributed by atoms with Gasteiger partial charge in [-0.15, -0.1) is 0 Å². The first kappa shape index (κ1) is 9.95. The van der Waals surface area contributed by atoms with Gasteiger partial charge >= 0.3 is 0 Å². The molecule has 1 atom stereocenters. The number of rotatable bonds is 4. The van der Waals surface area contributed by atoms with Gasteiger partial charge in [0.05, 0.1) is 0 Å². The number of anilines is 1. The topological polar surface area (TPSA) is 74.2 Å². The quantitative estimate of drug-likeness (QED) is 0.717. The van der Waals surface area contributed by atoms with Crippen molar-refractivity contribution >= 4 is 5.69 Å². The zero-order valence-electron chi connectivity index (χ0n) is 7.73. The summed E-state index contributed by atoms with van der Waals surface area (Å²) in [5, 5.41) is 0. The van der Waals surface area contributed by atoms with E-state index in [0.717, 1.165) is 12.0 Å². The number of ether oxygens (including phenoxy) is 1. The van der Waals surface area contributed by atoms with Gasteiger partial charge in [0.2, 0.25) is 0 Å². The molecule has 1 rings (SSSR count). The molecule has 1 aromatic rings. The summed E-state index contributed by atoms with van der Waals surface area (Å²) in [6.07, 6.45) is 4.12. The van der Waals surface area contributed by atoms with Gasteiger partial charge in [-0.25, -0.2) is 0 Å². The zero-order valence-corrected chi connectivity index (χ0v) is 7.73. The number of hydrogen-bond donors (Lipinski definition) is 2. The number of nitrogen functional groups attached to an aromatic ring is 1. The smallest absolute Gasteiger partial charge is 0.0480 e. The molecule has 0 fully saturated rings.